The van der Waals surface area contributed by atoms with Gasteiger partial charge >= 0.3 is 0 Å². The third-order valence-corrected chi connectivity index (χ3v) is 3.47. The van der Waals surface area contributed by atoms with Gasteiger partial charge in [-0.25, -0.2) is 0 Å². The van der Waals surface area contributed by atoms with Gasteiger partial charge in [0.1, 0.15) is 5.75 Å². The van der Waals surface area contributed by atoms with Crippen LogP contribution in [0.2, 0.25) is 0 Å². The summed E-state index contributed by atoms with van der Waals surface area (Å²) < 4.78 is 0. The van der Waals surface area contributed by atoms with Crippen molar-refractivity contribution in [1.29, 1.82) is 0 Å². The summed E-state index contributed by atoms with van der Waals surface area (Å²) in [6.07, 6.45) is 4.71. The topological polar surface area (TPSA) is 20.2 Å². The summed E-state index contributed by atoms with van der Waals surface area (Å²) in [6, 6.07) is 7.48. The minimum Gasteiger partial charge on any atom is -0.508 e. The fourth-order valence-electron chi connectivity index (χ4n) is 1.39. The highest BCUT2D eigenvalue weighted by Gasteiger charge is 2.00. The smallest absolute Gasteiger partial charge is 0.115 e. The summed E-state index contributed by atoms with van der Waals surface area (Å²) in [7, 11) is 0. The molecule has 0 aliphatic heterocycles. The Bertz CT molecular complexity index is 256. The largest absolute Gasteiger partial charge is 0.508 e. The van der Waals surface area contributed by atoms with E-state index in [1.165, 1.54) is 24.8 Å². The van der Waals surface area contributed by atoms with Gasteiger partial charge in [0.2, 0.25) is 0 Å². The zero-order chi connectivity index (χ0) is 10.4. The Kier molecular flexibility index (Phi) is 5.02. The van der Waals surface area contributed by atoms with E-state index in [1.54, 1.807) is 12.1 Å². The van der Waals surface area contributed by atoms with Gasteiger partial charge in [-0.05, 0) is 43.4 Å². The lowest BCUT2D eigenvalue weighted by Gasteiger charge is -2.06. The van der Waals surface area contributed by atoms with Crippen molar-refractivity contribution in [3.8, 4) is 5.75 Å². The van der Waals surface area contributed by atoms with E-state index in [-0.39, 0.29) is 0 Å². The van der Waals surface area contributed by atoms with Crippen LogP contribution in [0.1, 0.15) is 31.7 Å². The molecule has 0 saturated heterocycles. The van der Waals surface area contributed by atoms with E-state index >= 15 is 0 Å². The molecule has 0 aromatic heterocycles. The zero-order valence-electron chi connectivity index (χ0n) is 8.54. The Hall–Kier alpha value is -0.500. The summed E-state index contributed by atoms with van der Waals surface area (Å²) in [6.45, 7) is 2.19. The molecule has 1 aromatic rings. The normalized spacial score (nSPS) is 12.7. The highest BCUT2D eigenvalue weighted by Crippen LogP contribution is 2.16. The van der Waals surface area contributed by atoms with Gasteiger partial charge in [0, 0.05) is 4.83 Å². The molecule has 1 unspecified atom stereocenters. The van der Waals surface area contributed by atoms with Crippen LogP contribution in [0.4, 0.5) is 0 Å². The monoisotopic (exact) mass is 256 g/mol. The number of hydrogen-bond donors (Lipinski definition) is 1. The van der Waals surface area contributed by atoms with Crippen molar-refractivity contribution in [2.75, 3.05) is 0 Å². The number of rotatable bonds is 5. The average Bonchev–Trinajstić information content (AvgIpc) is 2.21. The summed E-state index contributed by atoms with van der Waals surface area (Å²) in [5.41, 5.74) is 1.30. The van der Waals surface area contributed by atoms with Crippen molar-refractivity contribution in [3.05, 3.63) is 29.8 Å². The van der Waals surface area contributed by atoms with Gasteiger partial charge in [0.15, 0.2) is 0 Å². The van der Waals surface area contributed by atoms with Crippen molar-refractivity contribution in [2.45, 2.75) is 37.4 Å². The quantitative estimate of drug-likeness (QED) is 0.793. The molecule has 0 heterocycles. The molecule has 14 heavy (non-hydrogen) atoms. The number of aryl methyl sites for hydroxylation is 1. The van der Waals surface area contributed by atoms with E-state index in [0.29, 0.717) is 10.6 Å². The molecule has 1 rings (SSSR count). The molecule has 0 aliphatic carbocycles. The standard InChI is InChI=1S/C12H17BrO/c1-2-11(13)5-3-4-10-6-8-12(14)9-7-10/h6-9,11,14H,2-5H2,1H3. The number of phenols is 1. The first-order chi connectivity index (χ1) is 6.72. The van der Waals surface area contributed by atoms with Crippen LogP contribution in [0.5, 0.6) is 5.75 Å². The van der Waals surface area contributed by atoms with Crippen LogP contribution < -0.4 is 0 Å². The first-order valence-corrected chi connectivity index (χ1v) is 6.06. The molecule has 78 valence electrons. The molecule has 0 spiro atoms. The van der Waals surface area contributed by atoms with Crippen LogP contribution >= 0.6 is 15.9 Å². The molecule has 1 aromatic carbocycles. The van der Waals surface area contributed by atoms with Crippen LogP contribution in [0.3, 0.4) is 0 Å². The van der Waals surface area contributed by atoms with Gasteiger partial charge in [-0.3, -0.25) is 0 Å². The highest BCUT2D eigenvalue weighted by atomic mass is 79.9. The molecular weight excluding hydrogens is 240 g/mol. The van der Waals surface area contributed by atoms with Crippen molar-refractivity contribution >= 4 is 15.9 Å². The van der Waals surface area contributed by atoms with Crippen molar-refractivity contribution < 1.29 is 5.11 Å². The maximum atomic E-state index is 9.10. The fourth-order valence-corrected chi connectivity index (χ4v) is 1.72. The Labute approximate surface area is 94.3 Å². The SMILES string of the molecule is CCC(Br)CCCc1ccc(O)cc1. The highest BCUT2D eigenvalue weighted by molar-refractivity contribution is 9.09. The number of benzene rings is 1. The Morgan fingerprint density at radius 1 is 1.29 bits per heavy atom. The molecular formula is C12H17BrO. The molecule has 1 nitrogen and oxygen atoms in total. The number of aromatic hydroxyl groups is 1. The lowest BCUT2D eigenvalue weighted by molar-refractivity contribution is 0.475. The lowest BCUT2D eigenvalue weighted by Crippen LogP contribution is -1.96. The number of alkyl halides is 1. The second-order valence-electron chi connectivity index (χ2n) is 3.56. The molecule has 0 aliphatic rings. The first kappa shape index (κ1) is 11.6. The zero-order valence-corrected chi connectivity index (χ0v) is 10.1. The number of hydrogen-bond acceptors (Lipinski definition) is 1. The Morgan fingerprint density at radius 3 is 2.50 bits per heavy atom. The van der Waals surface area contributed by atoms with E-state index in [4.69, 9.17) is 5.11 Å². The summed E-state index contributed by atoms with van der Waals surface area (Å²) in [5.74, 6) is 0.348. The molecule has 0 fully saturated rings. The van der Waals surface area contributed by atoms with Crippen LogP contribution in [0, 0.1) is 0 Å². The Balaban J connectivity index is 2.28. The summed E-state index contributed by atoms with van der Waals surface area (Å²) in [4.78, 5) is 0.652. The summed E-state index contributed by atoms with van der Waals surface area (Å²) >= 11 is 3.62. The van der Waals surface area contributed by atoms with Crippen LogP contribution in [0.25, 0.3) is 0 Å². The fraction of sp³-hybridized carbons (Fsp3) is 0.500. The minimum atomic E-state index is 0.348. The predicted octanol–water partition coefficient (Wildman–Crippen LogP) is 3.89. The third-order valence-electron chi connectivity index (χ3n) is 2.36. The van der Waals surface area contributed by atoms with Crippen molar-refractivity contribution in [3.63, 3.8) is 0 Å². The third kappa shape index (κ3) is 4.14. The van der Waals surface area contributed by atoms with Crippen molar-refractivity contribution in [2.24, 2.45) is 0 Å². The maximum Gasteiger partial charge on any atom is 0.115 e. The molecule has 0 bridgehead atoms. The van der Waals surface area contributed by atoms with E-state index in [2.05, 4.69) is 22.9 Å². The van der Waals surface area contributed by atoms with E-state index in [0.717, 1.165) is 6.42 Å². The lowest BCUT2D eigenvalue weighted by atomic mass is 10.1. The van der Waals surface area contributed by atoms with E-state index < -0.39 is 0 Å². The molecule has 0 amide bonds. The van der Waals surface area contributed by atoms with E-state index in [1.807, 2.05) is 12.1 Å². The van der Waals surface area contributed by atoms with Crippen LogP contribution in [-0.2, 0) is 6.42 Å². The molecule has 2 heteroatoms. The van der Waals surface area contributed by atoms with Crippen LogP contribution in [0.15, 0.2) is 24.3 Å². The molecule has 0 radical (unpaired) electrons. The first-order valence-electron chi connectivity index (χ1n) is 5.14. The van der Waals surface area contributed by atoms with Crippen LogP contribution in [-0.4, -0.2) is 9.93 Å². The summed E-state index contributed by atoms with van der Waals surface area (Å²) in [5, 5.41) is 9.10. The predicted molar refractivity (Wildman–Crippen MR) is 64.1 cm³/mol. The second kappa shape index (κ2) is 6.07. The van der Waals surface area contributed by atoms with Crippen molar-refractivity contribution in [1.82, 2.24) is 0 Å². The number of halogens is 1. The van der Waals surface area contributed by atoms with Gasteiger partial charge in [0.05, 0.1) is 0 Å². The van der Waals surface area contributed by atoms with E-state index in [9.17, 15) is 0 Å². The van der Waals surface area contributed by atoms with Gasteiger partial charge in [-0.15, -0.1) is 0 Å². The average molecular weight is 257 g/mol. The van der Waals surface area contributed by atoms with Gasteiger partial charge in [-0.2, -0.15) is 0 Å². The minimum absolute atomic E-state index is 0.348. The molecule has 0 saturated carbocycles. The maximum absolute atomic E-state index is 9.10. The Morgan fingerprint density at radius 2 is 1.93 bits per heavy atom. The van der Waals surface area contributed by atoms with Gasteiger partial charge < -0.3 is 5.11 Å². The van der Waals surface area contributed by atoms with Gasteiger partial charge in [0.25, 0.3) is 0 Å². The number of phenolic OH excluding ortho intramolecular Hbond substituents is 1. The molecule has 1 atom stereocenters. The molecule has 1 N–H and O–H groups in total. The van der Waals surface area contributed by atoms with Gasteiger partial charge in [-0.1, -0.05) is 35.0 Å². The second-order valence-corrected chi connectivity index (χ2v) is 4.86.